The highest BCUT2D eigenvalue weighted by Gasteiger charge is 2.34. The van der Waals surface area contributed by atoms with E-state index in [0.29, 0.717) is 25.1 Å². The third kappa shape index (κ3) is 4.84. The van der Waals surface area contributed by atoms with Gasteiger partial charge in [0.1, 0.15) is 5.60 Å². The van der Waals surface area contributed by atoms with Gasteiger partial charge < -0.3 is 14.4 Å². The Hall–Kier alpha value is -2.30. The quantitative estimate of drug-likeness (QED) is 0.776. The molecule has 0 aliphatic carbocycles. The maximum absolute atomic E-state index is 12.6. The summed E-state index contributed by atoms with van der Waals surface area (Å²) in [5, 5.41) is 0. The molecule has 0 bridgehead atoms. The molecule has 0 radical (unpaired) electrons. The minimum atomic E-state index is -0.561. The van der Waals surface area contributed by atoms with Crippen LogP contribution in [0.15, 0.2) is 35.9 Å². The first-order valence-electron chi connectivity index (χ1n) is 8.67. The van der Waals surface area contributed by atoms with Crippen molar-refractivity contribution in [2.75, 3.05) is 13.2 Å². The summed E-state index contributed by atoms with van der Waals surface area (Å²) in [7, 11) is 0. The zero-order valence-corrected chi connectivity index (χ0v) is 15.7. The summed E-state index contributed by atoms with van der Waals surface area (Å²) in [6.07, 6.45) is 0.0822. The van der Waals surface area contributed by atoms with Crippen LogP contribution in [0.3, 0.4) is 0 Å². The van der Waals surface area contributed by atoms with Gasteiger partial charge in [0.25, 0.3) is 0 Å². The molecule has 1 atom stereocenters. The maximum Gasteiger partial charge on any atom is 0.410 e. The van der Waals surface area contributed by atoms with Gasteiger partial charge in [-0.3, -0.25) is 0 Å². The highest BCUT2D eigenvalue weighted by atomic mass is 16.6. The standard InChI is InChI=1S/C20H27NO4/c1-6-24-18(22)16-12-14(2)21(19(23)25-20(3,4)5)13-17(16)15-10-8-7-9-11-15/h7-11,14H,6,12-13H2,1-5H3. The summed E-state index contributed by atoms with van der Waals surface area (Å²) >= 11 is 0. The molecule has 0 N–H and O–H groups in total. The van der Waals surface area contributed by atoms with Crippen molar-refractivity contribution in [1.82, 2.24) is 4.90 Å². The fourth-order valence-electron chi connectivity index (χ4n) is 2.85. The third-order valence-corrected chi connectivity index (χ3v) is 4.00. The van der Waals surface area contributed by atoms with Gasteiger partial charge in [0.2, 0.25) is 0 Å². The van der Waals surface area contributed by atoms with Gasteiger partial charge in [-0.25, -0.2) is 9.59 Å². The van der Waals surface area contributed by atoms with Gasteiger partial charge in [0.15, 0.2) is 0 Å². The van der Waals surface area contributed by atoms with Gasteiger partial charge in [-0.2, -0.15) is 0 Å². The largest absolute Gasteiger partial charge is 0.463 e. The summed E-state index contributed by atoms with van der Waals surface area (Å²) < 4.78 is 10.7. The van der Waals surface area contributed by atoms with Gasteiger partial charge in [0, 0.05) is 18.0 Å². The predicted octanol–water partition coefficient (Wildman–Crippen LogP) is 4.03. The first-order valence-corrected chi connectivity index (χ1v) is 8.67. The first-order chi connectivity index (χ1) is 11.7. The number of benzene rings is 1. The van der Waals surface area contributed by atoms with Gasteiger partial charge in [0.05, 0.1) is 13.2 Å². The van der Waals surface area contributed by atoms with Crippen LogP contribution in [0.4, 0.5) is 4.79 Å². The Labute approximate surface area is 149 Å². The predicted molar refractivity (Wildman–Crippen MR) is 97.0 cm³/mol. The molecule has 5 heteroatoms. The van der Waals surface area contributed by atoms with Crippen molar-refractivity contribution in [3.8, 4) is 0 Å². The molecule has 1 aromatic rings. The minimum Gasteiger partial charge on any atom is -0.463 e. The lowest BCUT2D eigenvalue weighted by Gasteiger charge is -2.36. The van der Waals surface area contributed by atoms with Crippen molar-refractivity contribution < 1.29 is 19.1 Å². The van der Waals surface area contributed by atoms with Crippen LogP contribution >= 0.6 is 0 Å². The average molecular weight is 345 g/mol. The van der Waals surface area contributed by atoms with Crippen LogP contribution in [0, 0.1) is 0 Å². The van der Waals surface area contributed by atoms with Crippen molar-refractivity contribution >= 4 is 17.6 Å². The van der Waals surface area contributed by atoms with Gasteiger partial charge >= 0.3 is 12.1 Å². The van der Waals surface area contributed by atoms with E-state index in [-0.39, 0.29) is 18.1 Å². The smallest absolute Gasteiger partial charge is 0.410 e. The average Bonchev–Trinajstić information content (AvgIpc) is 2.54. The SMILES string of the molecule is CCOC(=O)C1=C(c2ccccc2)CN(C(=O)OC(C)(C)C)C(C)C1. The van der Waals surface area contributed by atoms with Gasteiger partial charge in [-0.1, -0.05) is 30.3 Å². The number of ether oxygens (including phenoxy) is 2. The fourth-order valence-corrected chi connectivity index (χ4v) is 2.85. The second-order valence-electron chi connectivity index (χ2n) is 7.20. The second kappa shape index (κ2) is 7.72. The van der Waals surface area contributed by atoms with Crippen molar-refractivity contribution in [3.63, 3.8) is 0 Å². The summed E-state index contributed by atoms with van der Waals surface area (Å²) in [6, 6.07) is 9.50. The Morgan fingerprint density at radius 3 is 2.40 bits per heavy atom. The summed E-state index contributed by atoms with van der Waals surface area (Å²) in [5.41, 5.74) is 1.82. The summed E-state index contributed by atoms with van der Waals surface area (Å²) in [4.78, 5) is 26.7. The van der Waals surface area contributed by atoms with Crippen molar-refractivity contribution in [3.05, 3.63) is 41.5 Å². The molecule has 0 spiro atoms. The number of rotatable bonds is 3. The minimum absolute atomic E-state index is 0.137. The molecule has 1 amide bonds. The highest BCUT2D eigenvalue weighted by Crippen LogP contribution is 2.31. The van der Waals surface area contributed by atoms with Crippen molar-refractivity contribution in [1.29, 1.82) is 0 Å². The Morgan fingerprint density at radius 1 is 1.20 bits per heavy atom. The van der Waals surface area contributed by atoms with Crippen LogP contribution in [0.5, 0.6) is 0 Å². The molecule has 0 fully saturated rings. The lowest BCUT2D eigenvalue weighted by Crippen LogP contribution is -2.46. The first kappa shape index (κ1) is 19.0. The van der Waals surface area contributed by atoms with Gasteiger partial charge in [-0.15, -0.1) is 0 Å². The molecule has 1 unspecified atom stereocenters. The molecule has 5 nitrogen and oxygen atoms in total. The molecule has 2 rings (SSSR count). The molecule has 136 valence electrons. The van der Waals surface area contributed by atoms with Crippen molar-refractivity contribution in [2.45, 2.75) is 52.7 Å². The monoisotopic (exact) mass is 345 g/mol. The van der Waals surface area contributed by atoms with Crippen LogP contribution in [-0.2, 0) is 14.3 Å². The molecular formula is C20H27NO4. The molecule has 1 aliphatic heterocycles. The normalized spacial score (nSPS) is 18.1. The van der Waals surface area contributed by atoms with E-state index in [0.717, 1.165) is 11.1 Å². The number of nitrogens with zero attached hydrogens (tertiary/aromatic N) is 1. The molecule has 0 saturated heterocycles. The van der Waals surface area contributed by atoms with Crippen LogP contribution in [0.2, 0.25) is 0 Å². The van der Waals surface area contributed by atoms with Crippen LogP contribution in [-0.4, -0.2) is 41.8 Å². The van der Waals surface area contributed by atoms with Crippen molar-refractivity contribution in [2.24, 2.45) is 0 Å². The Kier molecular flexibility index (Phi) is 5.88. The number of carbonyl (C=O) groups is 2. The fraction of sp³-hybridized carbons (Fsp3) is 0.500. The van der Waals surface area contributed by atoms with E-state index in [1.165, 1.54) is 0 Å². The number of amides is 1. The van der Waals surface area contributed by atoms with E-state index in [2.05, 4.69) is 0 Å². The number of hydrogen-bond acceptors (Lipinski definition) is 4. The lowest BCUT2D eigenvalue weighted by molar-refractivity contribution is -0.138. The Bertz CT molecular complexity index is 658. The number of carbonyl (C=O) groups excluding carboxylic acids is 2. The maximum atomic E-state index is 12.6. The zero-order chi connectivity index (χ0) is 18.6. The number of esters is 1. The summed E-state index contributed by atoms with van der Waals surface area (Å²) in [6.45, 7) is 9.90. The van der Waals surface area contributed by atoms with E-state index < -0.39 is 5.60 Å². The lowest BCUT2D eigenvalue weighted by atomic mass is 9.90. The Morgan fingerprint density at radius 2 is 1.84 bits per heavy atom. The summed E-state index contributed by atoms with van der Waals surface area (Å²) in [5.74, 6) is -0.308. The van der Waals surface area contributed by atoms with E-state index in [1.807, 2.05) is 58.0 Å². The van der Waals surface area contributed by atoms with Crippen LogP contribution < -0.4 is 0 Å². The van der Waals surface area contributed by atoms with E-state index >= 15 is 0 Å². The number of hydrogen-bond donors (Lipinski definition) is 0. The molecule has 1 heterocycles. The van der Waals surface area contributed by atoms with Gasteiger partial charge in [-0.05, 0) is 45.8 Å². The third-order valence-electron chi connectivity index (χ3n) is 4.00. The topological polar surface area (TPSA) is 55.8 Å². The van der Waals surface area contributed by atoms with E-state index in [9.17, 15) is 9.59 Å². The van der Waals surface area contributed by atoms with E-state index in [1.54, 1.807) is 11.8 Å². The molecule has 25 heavy (non-hydrogen) atoms. The molecule has 0 saturated carbocycles. The van der Waals surface area contributed by atoms with Crippen LogP contribution in [0.25, 0.3) is 5.57 Å². The molecular weight excluding hydrogens is 318 g/mol. The second-order valence-corrected chi connectivity index (χ2v) is 7.20. The Balaban J connectivity index is 2.38. The zero-order valence-electron chi connectivity index (χ0n) is 15.7. The van der Waals surface area contributed by atoms with Crippen LogP contribution in [0.1, 0.15) is 46.6 Å². The highest BCUT2D eigenvalue weighted by molar-refractivity contribution is 5.99. The molecule has 1 aromatic carbocycles. The van der Waals surface area contributed by atoms with E-state index in [4.69, 9.17) is 9.47 Å². The molecule has 0 aromatic heterocycles. The molecule has 1 aliphatic rings.